The van der Waals surface area contributed by atoms with Crippen molar-refractivity contribution in [2.45, 2.75) is 63.4 Å². The zero-order valence-electron chi connectivity index (χ0n) is 24.2. The maximum Gasteiger partial charge on any atom is 0.459 e. The fraction of sp³-hybridized carbons (Fsp3) is 0.407. The molecule has 4 aromatic rings. The van der Waals surface area contributed by atoms with Crippen molar-refractivity contribution in [2.75, 3.05) is 12.3 Å². The van der Waals surface area contributed by atoms with E-state index < -0.39 is 68.5 Å². The average Bonchev–Trinajstić information content (AvgIpc) is 3.50. The van der Waals surface area contributed by atoms with Gasteiger partial charge in [0.05, 0.1) is 19.0 Å². The van der Waals surface area contributed by atoms with Gasteiger partial charge < -0.3 is 29.9 Å². The number of aliphatic hydroxyl groups excluding tert-OH is 2. The molecule has 242 valence electrons. The van der Waals surface area contributed by atoms with E-state index in [9.17, 15) is 33.1 Å². The molecule has 0 spiro atoms. The zero-order valence-corrected chi connectivity index (χ0v) is 25.1. The molecule has 0 bridgehead atoms. The number of alkyl halides is 2. The fourth-order valence-corrected chi connectivity index (χ4v) is 6.31. The summed E-state index contributed by atoms with van der Waals surface area (Å²) >= 11 is 0. The molecule has 45 heavy (non-hydrogen) atoms. The number of H-pyrrole nitrogens is 1. The van der Waals surface area contributed by atoms with E-state index in [1.807, 2.05) is 12.1 Å². The van der Waals surface area contributed by atoms with Gasteiger partial charge in [-0.3, -0.25) is 23.7 Å². The van der Waals surface area contributed by atoms with Crippen LogP contribution in [0.5, 0.6) is 5.75 Å². The molecule has 1 fully saturated rings. The van der Waals surface area contributed by atoms with Gasteiger partial charge in [0, 0.05) is 0 Å². The summed E-state index contributed by atoms with van der Waals surface area (Å²) in [6.45, 7) is 3.20. The predicted molar refractivity (Wildman–Crippen MR) is 155 cm³/mol. The highest BCUT2D eigenvalue weighted by Crippen LogP contribution is 2.49. The van der Waals surface area contributed by atoms with E-state index in [0.29, 0.717) is 5.39 Å². The van der Waals surface area contributed by atoms with Crippen LogP contribution in [0.4, 0.5) is 14.7 Å². The minimum atomic E-state index is -4.74. The number of fused-ring (bicyclic) bond motifs is 2. The van der Waals surface area contributed by atoms with Crippen molar-refractivity contribution in [3.63, 3.8) is 0 Å². The Bertz CT molecular complexity index is 1820. The molecule has 5 rings (SSSR count). The van der Waals surface area contributed by atoms with Gasteiger partial charge in [-0.15, -0.1) is 0 Å². The standard InChI is InChI=1S/C27H31F2N6O9P/c1-13(2)42-24(39)14(3)34-45(40,44-17-9-8-15-6-4-5-7-16(15)10-17)41-11-27(25(28)29)20(37)19(36)23(43-27)35-12-31-18-21(35)32-26(30)33-22(18)38/h4-10,12-14,19-20,23,25,36-37H,11H2,1-3H3,(H,34,40)(H3,30,32,33,38)/t14-,19+,20-,23+,27+,45?/m0/s1. The van der Waals surface area contributed by atoms with Gasteiger partial charge in [0.15, 0.2) is 23.0 Å². The lowest BCUT2D eigenvalue weighted by molar-refractivity contribution is -0.191. The summed E-state index contributed by atoms with van der Waals surface area (Å²) in [6, 6.07) is 10.5. The van der Waals surface area contributed by atoms with Crippen LogP contribution in [0.25, 0.3) is 21.9 Å². The van der Waals surface area contributed by atoms with Crippen LogP contribution in [0.15, 0.2) is 53.6 Å². The van der Waals surface area contributed by atoms with Crippen molar-refractivity contribution < 1.29 is 46.9 Å². The number of nitrogen functional groups attached to an aromatic ring is 1. The van der Waals surface area contributed by atoms with Crippen LogP contribution in [0.1, 0.15) is 27.0 Å². The van der Waals surface area contributed by atoms with Crippen LogP contribution >= 0.6 is 7.75 Å². The molecule has 0 saturated carbocycles. The molecule has 1 unspecified atom stereocenters. The normalized spacial score (nSPS) is 23.9. The Kier molecular flexibility index (Phi) is 8.95. The Hall–Kier alpha value is -3.99. The average molecular weight is 653 g/mol. The number of carbonyl (C=O) groups is 1. The molecule has 2 aromatic heterocycles. The number of nitrogens with zero attached hydrogens (tertiary/aromatic N) is 3. The van der Waals surface area contributed by atoms with E-state index in [4.69, 9.17) is 24.3 Å². The van der Waals surface area contributed by atoms with E-state index in [0.717, 1.165) is 16.3 Å². The summed E-state index contributed by atoms with van der Waals surface area (Å²) in [4.78, 5) is 34.8. The van der Waals surface area contributed by atoms with Crippen molar-refractivity contribution >= 4 is 41.6 Å². The monoisotopic (exact) mass is 652 g/mol. The maximum absolute atomic E-state index is 14.8. The van der Waals surface area contributed by atoms with E-state index in [1.165, 1.54) is 19.1 Å². The molecule has 1 saturated heterocycles. The van der Waals surface area contributed by atoms with Gasteiger partial charge in [0.25, 0.3) is 12.0 Å². The van der Waals surface area contributed by atoms with Crippen LogP contribution in [-0.2, 0) is 23.4 Å². The molecule has 1 aliphatic heterocycles. The number of benzene rings is 2. The highest BCUT2D eigenvalue weighted by Gasteiger charge is 2.61. The van der Waals surface area contributed by atoms with Gasteiger partial charge in [-0.25, -0.2) is 18.3 Å². The molecule has 1 aliphatic rings. The lowest BCUT2D eigenvalue weighted by Gasteiger charge is -2.32. The smallest absolute Gasteiger partial charge is 0.459 e. The summed E-state index contributed by atoms with van der Waals surface area (Å²) in [5.41, 5.74) is 1.42. The number of carbonyl (C=O) groups excluding carboxylic acids is 1. The second kappa shape index (κ2) is 12.4. The lowest BCUT2D eigenvalue weighted by Crippen LogP contribution is -2.53. The number of aromatic nitrogens is 4. The van der Waals surface area contributed by atoms with E-state index in [-0.39, 0.29) is 22.9 Å². The molecule has 18 heteroatoms. The van der Waals surface area contributed by atoms with Gasteiger partial charge in [0.2, 0.25) is 5.95 Å². The minimum absolute atomic E-state index is 0.00428. The molecular weight excluding hydrogens is 621 g/mol. The number of anilines is 1. The number of aromatic amines is 1. The third-order valence-electron chi connectivity index (χ3n) is 7.01. The quantitative estimate of drug-likeness (QED) is 0.116. The predicted octanol–water partition coefficient (Wildman–Crippen LogP) is 2.24. The molecule has 6 atom stereocenters. The molecule has 6 N–H and O–H groups in total. The number of halogens is 2. The Balaban J connectivity index is 1.46. The van der Waals surface area contributed by atoms with E-state index in [2.05, 4.69) is 20.0 Å². The molecule has 0 aliphatic carbocycles. The Morgan fingerprint density at radius 2 is 1.93 bits per heavy atom. The van der Waals surface area contributed by atoms with Gasteiger partial charge in [0.1, 0.15) is 24.0 Å². The number of nitrogens with two attached hydrogens (primary N) is 1. The summed E-state index contributed by atoms with van der Waals surface area (Å²) in [5.74, 6) is -1.15. The Labute approximate surface area is 253 Å². The number of esters is 1. The van der Waals surface area contributed by atoms with Crippen LogP contribution in [0, 0.1) is 0 Å². The first kappa shape index (κ1) is 32.4. The van der Waals surface area contributed by atoms with Gasteiger partial charge in [-0.2, -0.15) is 10.1 Å². The number of hydrogen-bond acceptors (Lipinski definition) is 12. The Morgan fingerprint density at radius 3 is 2.62 bits per heavy atom. The number of aliphatic hydroxyl groups is 2. The van der Waals surface area contributed by atoms with Crippen molar-refractivity contribution in [2.24, 2.45) is 0 Å². The molecule has 0 radical (unpaired) electrons. The lowest BCUT2D eigenvalue weighted by atomic mass is 9.96. The first-order valence-corrected chi connectivity index (χ1v) is 15.2. The van der Waals surface area contributed by atoms with Gasteiger partial charge in [-0.05, 0) is 43.7 Å². The van der Waals surface area contributed by atoms with Crippen LogP contribution < -0.4 is 20.9 Å². The molecule has 0 amide bonds. The first-order chi connectivity index (χ1) is 21.2. The summed E-state index contributed by atoms with van der Waals surface area (Å²) < 4.78 is 66.4. The second-order valence-electron chi connectivity index (χ2n) is 10.7. The van der Waals surface area contributed by atoms with Crippen molar-refractivity contribution in [3.05, 3.63) is 59.1 Å². The third-order valence-corrected chi connectivity index (χ3v) is 8.64. The van der Waals surface area contributed by atoms with E-state index >= 15 is 0 Å². The van der Waals surface area contributed by atoms with Crippen molar-refractivity contribution in [3.8, 4) is 5.75 Å². The molecule has 2 aromatic carbocycles. The molecule has 15 nitrogen and oxygen atoms in total. The number of nitrogens with one attached hydrogen (secondary N) is 2. The van der Waals surface area contributed by atoms with E-state index in [1.54, 1.807) is 32.0 Å². The highest BCUT2D eigenvalue weighted by atomic mass is 31.2. The highest BCUT2D eigenvalue weighted by molar-refractivity contribution is 7.52. The maximum atomic E-state index is 14.8. The Morgan fingerprint density at radius 1 is 1.22 bits per heavy atom. The van der Waals surface area contributed by atoms with Crippen LogP contribution in [-0.4, -0.2) is 78.7 Å². The summed E-state index contributed by atoms with van der Waals surface area (Å²) in [5, 5.41) is 25.7. The minimum Gasteiger partial charge on any atom is -0.462 e. The summed E-state index contributed by atoms with van der Waals surface area (Å²) in [7, 11) is -4.74. The number of rotatable bonds is 11. The number of hydrogen-bond donors (Lipinski definition) is 5. The van der Waals surface area contributed by atoms with Gasteiger partial charge >= 0.3 is 13.7 Å². The second-order valence-corrected chi connectivity index (χ2v) is 12.4. The van der Waals surface area contributed by atoms with Crippen LogP contribution in [0.2, 0.25) is 0 Å². The molecular formula is C27H31F2N6O9P. The number of ether oxygens (including phenoxy) is 2. The van der Waals surface area contributed by atoms with Crippen molar-refractivity contribution in [1.29, 1.82) is 0 Å². The van der Waals surface area contributed by atoms with Crippen molar-refractivity contribution in [1.82, 2.24) is 24.6 Å². The topological polar surface area (TPSA) is 213 Å². The fourth-order valence-electron chi connectivity index (χ4n) is 4.79. The largest absolute Gasteiger partial charge is 0.462 e. The SMILES string of the molecule is CC(C)OC(=O)[C@H](C)NP(=O)(OC[C@@]1(C(F)F)O[C@@H](n2cnc3c(=O)[nH]c(N)nc32)[C@H](O)[C@@H]1O)Oc1ccc2ccccc2c1. The number of imidazole rings is 1. The molecule has 3 heterocycles. The summed E-state index contributed by atoms with van der Waals surface area (Å²) in [6.07, 6.45) is -9.17. The third kappa shape index (κ3) is 6.40. The first-order valence-electron chi connectivity index (χ1n) is 13.7. The van der Waals surface area contributed by atoms with Gasteiger partial charge in [-0.1, -0.05) is 30.3 Å². The van der Waals surface area contributed by atoms with Crippen LogP contribution in [0.3, 0.4) is 0 Å². The zero-order chi connectivity index (χ0) is 32.7.